The van der Waals surface area contributed by atoms with Crippen molar-refractivity contribution in [2.75, 3.05) is 5.32 Å². The molecule has 0 radical (unpaired) electrons. The van der Waals surface area contributed by atoms with Gasteiger partial charge in [-0.3, -0.25) is 0 Å². The van der Waals surface area contributed by atoms with Gasteiger partial charge < -0.3 is 5.32 Å². The van der Waals surface area contributed by atoms with Gasteiger partial charge in [-0.2, -0.15) is 17.6 Å². The van der Waals surface area contributed by atoms with Crippen molar-refractivity contribution in [3.63, 3.8) is 0 Å². The number of pyridine rings is 1. The van der Waals surface area contributed by atoms with E-state index in [0.717, 1.165) is 5.56 Å². The Morgan fingerprint density at radius 2 is 1.75 bits per heavy atom. The normalized spacial score (nSPS) is 11.4. The number of thioether (sulfide) groups is 1. The van der Waals surface area contributed by atoms with Crippen LogP contribution in [0.4, 0.5) is 23.2 Å². The maximum absolute atomic E-state index is 12.6. The van der Waals surface area contributed by atoms with Crippen molar-refractivity contribution in [2.24, 2.45) is 0 Å². The van der Waals surface area contributed by atoms with Gasteiger partial charge in [0.25, 0.3) is 0 Å². The highest BCUT2D eigenvalue weighted by atomic mass is 32.2. The average molecular weight is 302 g/mol. The number of anilines is 1. The molecule has 2 aromatic rings. The molecule has 106 valence electrons. The van der Waals surface area contributed by atoms with Crippen LogP contribution >= 0.6 is 11.8 Å². The van der Waals surface area contributed by atoms with Crippen molar-refractivity contribution >= 4 is 17.4 Å². The van der Waals surface area contributed by atoms with E-state index in [-0.39, 0.29) is 16.7 Å². The summed E-state index contributed by atoms with van der Waals surface area (Å²) in [5.41, 5.74) is -2.82. The zero-order valence-electron chi connectivity index (χ0n) is 10.1. The van der Waals surface area contributed by atoms with Crippen LogP contribution in [0, 0.1) is 5.95 Å². The van der Waals surface area contributed by atoms with E-state index in [9.17, 15) is 17.6 Å². The number of rotatable bonds is 4. The van der Waals surface area contributed by atoms with E-state index in [1.165, 1.54) is 30.5 Å². The summed E-state index contributed by atoms with van der Waals surface area (Å²) in [7, 11) is 0. The molecule has 0 aliphatic rings. The monoisotopic (exact) mass is 302 g/mol. The summed E-state index contributed by atoms with van der Waals surface area (Å²) in [6, 6.07) is 8.81. The number of hydrogen-bond donors (Lipinski definition) is 1. The van der Waals surface area contributed by atoms with E-state index in [2.05, 4.69) is 10.3 Å². The van der Waals surface area contributed by atoms with Gasteiger partial charge in [0.15, 0.2) is 0 Å². The largest absolute Gasteiger partial charge is 0.446 e. The third-order valence-corrected chi connectivity index (χ3v) is 3.12. The molecule has 0 fully saturated rings. The van der Waals surface area contributed by atoms with Crippen molar-refractivity contribution in [1.82, 2.24) is 4.98 Å². The molecule has 0 aliphatic carbocycles. The Kier molecular flexibility index (Phi) is 4.49. The number of nitrogens with one attached hydrogen (secondary N) is 1. The number of benzene rings is 1. The Balaban J connectivity index is 1.92. The Labute approximate surface area is 117 Å². The molecule has 0 aliphatic heterocycles. The third-order valence-electron chi connectivity index (χ3n) is 2.38. The van der Waals surface area contributed by atoms with Gasteiger partial charge in [0.05, 0.1) is 11.9 Å². The molecule has 1 heterocycles. The van der Waals surface area contributed by atoms with Gasteiger partial charge in [0.2, 0.25) is 5.95 Å². The first kappa shape index (κ1) is 14.6. The lowest BCUT2D eigenvalue weighted by molar-refractivity contribution is -0.0328. The van der Waals surface area contributed by atoms with Crippen molar-refractivity contribution in [3.8, 4) is 0 Å². The second kappa shape index (κ2) is 6.13. The van der Waals surface area contributed by atoms with Gasteiger partial charge in [0, 0.05) is 11.4 Å². The van der Waals surface area contributed by atoms with Crippen LogP contribution in [0.1, 0.15) is 5.56 Å². The first-order valence-corrected chi connectivity index (χ1v) is 6.44. The van der Waals surface area contributed by atoms with E-state index in [1.807, 2.05) is 0 Å². The second-order valence-electron chi connectivity index (χ2n) is 3.91. The molecule has 7 heteroatoms. The number of hydrogen-bond acceptors (Lipinski definition) is 3. The fourth-order valence-electron chi connectivity index (χ4n) is 1.49. The van der Waals surface area contributed by atoms with Gasteiger partial charge in [0.1, 0.15) is 0 Å². The molecule has 0 saturated carbocycles. The van der Waals surface area contributed by atoms with Gasteiger partial charge in [-0.05, 0) is 41.6 Å². The first-order chi connectivity index (χ1) is 9.42. The minimum Gasteiger partial charge on any atom is -0.380 e. The van der Waals surface area contributed by atoms with E-state index in [0.29, 0.717) is 12.2 Å². The predicted octanol–water partition coefficient (Wildman–Crippen LogP) is 4.44. The topological polar surface area (TPSA) is 24.9 Å². The highest BCUT2D eigenvalue weighted by Gasteiger charge is 2.28. The molecular weight excluding hydrogens is 292 g/mol. The molecule has 0 amide bonds. The summed E-state index contributed by atoms with van der Waals surface area (Å²) < 4.78 is 49.1. The number of alkyl halides is 3. The van der Waals surface area contributed by atoms with Gasteiger partial charge in [-0.1, -0.05) is 12.1 Å². The molecule has 20 heavy (non-hydrogen) atoms. The molecule has 2 nitrogen and oxygen atoms in total. The van der Waals surface area contributed by atoms with Crippen LogP contribution < -0.4 is 5.32 Å². The summed E-state index contributed by atoms with van der Waals surface area (Å²) in [6.07, 6.45) is 1.35. The van der Waals surface area contributed by atoms with E-state index < -0.39 is 11.5 Å². The fraction of sp³-hybridized carbons (Fsp3) is 0.154. The van der Waals surface area contributed by atoms with Crippen molar-refractivity contribution in [2.45, 2.75) is 16.9 Å². The smallest absolute Gasteiger partial charge is 0.380 e. The van der Waals surface area contributed by atoms with Crippen LogP contribution in [0.3, 0.4) is 0 Å². The van der Waals surface area contributed by atoms with E-state index in [4.69, 9.17) is 0 Å². The van der Waals surface area contributed by atoms with Crippen molar-refractivity contribution < 1.29 is 17.6 Å². The Morgan fingerprint density at radius 3 is 2.30 bits per heavy atom. The third kappa shape index (κ3) is 4.73. The van der Waals surface area contributed by atoms with E-state index in [1.54, 1.807) is 12.1 Å². The van der Waals surface area contributed by atoms with Crippen LogP contribution in [0.5, 0.6) is 0 Å². The van der Waals surface area contributed by atoms with E-state index >= 15 is 0 Å². The summed E-state index contributed by atoms with van der Waals surface area (Å²) in [5, 5.41) is 3.00. The average Bonchev–Trinajstić information content (AvgIpc) is 2.38. The van der Waals surface area contributed by atoms with Gasteiger partial charge >= 0.3 is 5.51 Å². The fourth-order valence-corrected chi connectivity index (χ4v) is 2.03. The maximum atomic E-state index is 12.6. The lowest BCUT2D eigenvalue weighted by atomic mass is 10.2. The number of halogens is 4. The SMILES string of the molecule is Fc1ccc(NCc2ccc(SC(F)(F)F)cc2)cn1. The summed E-state index contributed by atoms with van der Waals surface area (Å²) >= 11 is -0.147. The Morgan fingerprint density at radius 1 is 1.05 bits per heavy atom. The standard InChI is InChI=1S/C13H10F4N2S/c14-12-6-3-10(8-19-12)18-7-9-1-4-11(5-2-9)20-13(15,16)17/h1-6,8,18H,7H2. The molecule has 1 aromatic heterocycles. The zero-order chi connectivity index (χ0) is 14.6. The minimum atomic E-state index is -4.28. The van der Waals surface area contributed by atoms with Gasteiger partial charge in [-0.15, -0.1) is 0 Å². The molecule has 0 unspecified atom stereocenters. The summed E-state index contributed by atoms with van der Waals surface area (Å²) in [4.78, 5) is 3.63. The molecule has 1 aromatic carbocycles. The van der Waals surface area contributed by atoms with Crippen LogP contribution in [0.2, 0.25) is 0 Å². The maximum Gasteiger partial charge on any atom is 0.446 e. The summed E-state index contributed by atoms with van der Waals surface area (Å²) in [6.45, 7) is 0.421. The van der Waals surface area contributed by atoms with Crippen LogP contribution in [-0.2, 0) is 6.54 Å². The molecule has 1 N–H and O–H groups in total. The van der Waals surface area contributed by atoms with Crippen molar-refractivity contribution in [3.05, 3.63) is 54.1 Å². The van der Waals surface area contributed by atoms with Crippen LogP contribution in [0.15, 0.2) is 47.5 Å². The molecule has 2 rings (SSSR count). The number of nitrogens with zero attached hydrogens (tertiary/aromatic N) is 1. The molecule has 0 spiro atoms. The predicted molar refractivity (Wildman–Crippen MR) is 69.9 cm³/mol. The zero-order valence-corrected chi connectivity index (χ0v) is 10.9. The first-order valence-electron chi connectivity index (χ1n) is 5.62. The summed E-state index contributed by atoms with van der Waals surface area (Å²) in [5.74, 6) is -0.566. The Hall–Kier alpha value is -1.76. The molecule has 0 atom stereocenters. The lowest BCUT2D eigenvalue weighted by Gasteiger charge is -2.08. The molecule has 0 saturated heterocycles. The Bertz CT molecular complexity index is 552. The minimum absolute atomic E-state index is 0.143. The second-order valence-corrected chi connectivity index (χ2v) is 5.05. The van der Waals surface area contributed by atoms with Crippen molar-refractivity contribution in [1.29, 1.82) is 0 Å². The lowest BCUT2D eigenvalue weighted by Crippen LogP contribution is -2.01. The quantitative estimate of drug-likeness (QED) is 0.513. The van der Waals surface area contributed by atoms with Crippen LogP contribution in [0.25, 0.3) is 0 Å². The number of aromatic nitrogens is 1. The molecule has 0 bridgehead atoms. The van der Waals surface area contributed by atoms with Crippen LogP contribution in [-0.4, -0.2) is 10.5 Å². The van der Waals surface area contributed by atoms with Gasteiger partial charge in [-0.25, -0.2) is 4.98 Å². The highest BCUT2D eigenvalue weighted by molar-refractivity contribution is 8.00. The highest BCUT2D eigenvalue weighted by Crippen LogP contribution is 2.36. The molecular formula is C13H10F4N2S.